The second-order valence-electron chi connectivity index (χ2n) is 6.85. The van der Waals surface area contributed by atoms with E-state index in [2.05, 4.69) is 5.32 Å². The number of carbonyl (C=O) groups excluding carboxylic acids is 1. The molecule has 1 amide bonds. The van der Waals surface area contributed by atoms with Crippen LogP contribution in [0.25, 0.3) is 0 Å². The van der Waals surface area contributed by atoms with E-state index in [0.29, 0.717) is 41.9 Å². The van der Waals surface area contributed by atoms with Crippen molar-refractivity contribution >= 4 is 21.6 Å². The summed E-state index contributed by atoms with van der Waals surface area (Å²) in [5.74, 6) is 1.67. The number of anilines is 1. The number of fused-ring (bicyclic) bond motifs is 1. The minimum absolute atomic E-state index is 0.194. The molecule has 168 valence electrons. The Labute approximate surface area is 181 Å². The van der Waals surface area contributed by atoms with Crippen molar-refractivity contribution in [3.63, 3.8) is 0 Å². The van der Waals surface area contributed by atoms with Crippen LogP contribution in [0.3, 0.4) is 0 Å². The van der Waals surface area contributed by atoms with Crippen LogP contribution in [0.1, 0.15) is 6.92 Å². The summed E-state index contributed by atoms with van der Waals surface area (Å²) in [5, 5.41) is 2.71. The van der Waals surface area contributed by atoms with E-state index < -0.39 is 22.0 Å². The van der Waals surface area contributed by atoms with Gasteiger partial charge in [-0.15, -0.1) is 0 Å². The molecule has 9 nitrogen and oxygen atoms in total. The Morgan fingerprint density at radius 2 is 1.81 bits per heavy atom. The summed E-state index contributed by atoms with van der Waals surface area (Å²) in [7, 11) is -2.20. The van der Waals surface area contributed by atoms with E-state index in [1.807, 2.05) is 12.1 Å². The van der Waals surface area contributed by atoms with E-state index in [4.69, 9.17) is 18.9 Å². The Hall–Kier alpha value is -3.14. The number of nitrogens with zero attached hydrogens (tertiary/aromatic N) is 1. The van der Waals surface area contributed by atoms with E-state index in [1.165, 1.54) is 6.92 Å². The predicted octanol–water partition coefficient (Wildman–Crippen LogP) is 1.82. The van der Waals surface area contributed by atoms with Crippen LogP contribution >= 0.6 is 0 Å². The molecule has 0 radical (unpaired) electrons. The van der Waals surface area contributed by atoms with Gasteiger partial charge < -0.3 is 24.3 Å². The summed E-state index contributed by atoms with van der Waals surface area (Å²) >= 11 is 0. The number of benzene rings is 2. The maximum atomic E-state index is 12.7. The number of methoxy groups -OCH3 is 1. The molecule has 2 aromatic rings. The Bertz CT molecular complexity index is 1030. The molecule has 1 N–H and O–H groups in total. The first-order valence-corrected chi connectivity index (χ1v) is 11.6. The number of nitrogens with one attached hydrogen (secondary N) is 1. The van der Waals surface area contributed by atoms with Crippen molar-refractivity contribution < 1.29 is 32.2 Å². The van der Waals surface area contributed by atoms with Crippen LogP contribution in [0.4, 0.5) is 5.69 Å². The van der Waals surface area contributed by atoms with Crippen molar-refractivity contribution in [1.82, 2.24) is 5.32 Å². The zero-order chi connectivity index (χ0) is 22.4. The molecule has 0 saturated heterocycles. The molecule has 31 heavy (non-hydrogen) atoms. The van der Waals surface area contributed by atoms with Gasteiger partial charge >= 0.3 is 0 Å². The maximum Gasteiger partial charge on any atom is 0.243 e. The van der Waals surface area contributed by atoms with Crippen LogP contribution in [-0.2, 0) is 14.8 Å². The van der Waals surface area contributed by atoms with Gasteiger partial charge in [-0.05, 0) is 31.2 Å². The van der Waals surface area contributed by atoms with Crippen molar-refractivity contribution in [3.8, 4) is 23.0 Å². The van der Waals surface area contributed by atoms with Crippen molar-refractivity contribution in [2.45, 2.75) is 13.0 Å². The number of amides is 1. The molecule has 1 heterocycles. The lowest BCUT2D eigenvalue weighted by Crippen LogP contribution is -2.48. The number of para-hydroxylation sites is 2. The highest BCUT2D eigenvalue weighted by Crippen LogP contribution is 2.35. The predicted molar refractivity (Wildman–Crippen MR) is 116 cm³/mol. The minimum atomic E-state index is -3.74. The summed E-state index contributed by atoms with van der Waals surface area (Å²) < 4.78 is 47.8. The smallest absolute Gasteiger partial charge is 0.243 e. The highest BCUT2D eigenvalue weighted by atomic mass is 32.2. The molecule has 0 unspecified atom stereocenters. The van der Waals surface area contributed by atoms with Crippen LogP contribution in [-0.4, -0.2) is 60.1 Å². The molecular weight excluding hydrogens is 424 g/mol. The van der Waals surface area contributed by atoms with Gasteiger partial charge in [0, 0.05) is 6.07 Å². The standard InChI is InChI=1S/C21H26N2O7S/c1-15(21(24)22-10-11-28-18-7-5-4-6-17(18)27-2)23(31(3,25)26)16-8-9-19-20(14-16)30-13-12-29-19/h4-9,14-15H,10-13H2,1-3H3,(H,22,24)/t15-/m0/s1. The van der Waals surface area contributed by atoms with Crippen LogP contribution < -0.4 is 28.6 Å². The number of rotatable bonds is 9. The monoisotopic (exact) mass is 450 g/mol. The molecule has 0 saturated carbocycles. The first kappa shape index (κ1) is 22.5. The van der Waals surface area contributed by atoms with Crippen molar-refractivity contribution in [3.05, 3.63) is 42.5 Å². The Balaban J connectivity index is 1.65. The lowest BCUT2D eigenvalue weighted by atomic mass is 10.2. The molecule has 2 aromatic carbocycles. The third-order valence-corrected chi connectivity index (χ3v) is 5.84. The normalized spacial score (nSPS) is 13.8. The maximum absolute atomic E-state index is 12.7. The Morgan fingerprint density at radius 3 is 2.48 bits per heavy atom. The first-order chi connectivity index (χ1) is 14.8. The van der Waals surface area contributed by atoms with Gasteiger partial charge in [-0.25, -0.2) is 8.42 Å². The van der Waals surface area contributed by atoms with Gasteiger partial charge in [-0.2, -0.15) is 0 Å². The fourth-order valence-electron chi connectivity index (χ4n) is 3.20. The molecule has 0 bridgehead atoms. The molecule has 1 aliphatic rings. The lowest BCUT2D eigenvalue weighted by Gasteiger charge is -2.29. The lowest BCUT2D eigenvalue weighted by molar-refractivity contribution is -0.121. The second kappa shape index (κ2) is 9.78. The van der Waals surface area contributed by atoms with Crippen molar-refractivity contribution in [1.29, 1.82) is 0 Å². The van der Waals surface area contributed by atoms with Crippen LogP contribution in [0, 0.1) is 0 Å². The zero-order valence-corrected chi connectivity index (χ0v) is 18.5. The Morgan fingerprint density at radius 1 is 1.13 bits per heavy atom. The van der Waals surface area contributed by atoms with Gasteiger partial charge in [0.15, 0.2) is 23.0 Å². The highest BCUT2D eigenvalue weighted by molar-refractivity contribution is 7.92. The topological polar surface area (TPSA) is 103 Å². The van der Waals surface area contributed by atoms with Gasteiger partial charge in [0.05, 0.1) is 25.6 Å². The van der Waals surface area contributed by atoms with Gasteiger partial charge in [-0.1, -0.05) is 12.1 Å². The molecule has 10 heteroatoms. The first-order valence-electron chi connectivity index (χ1n) is 9.74. The van der Waals surface area contributed by atoms with Crippen LogP contribution in [0.5, 0.6) is 23.0 Å². The minimum Gasteiger partial charge on any atom is -0.493 e. The SMILES string of the molecule is COc1ccccc1OCCNC(=O)[C@H](C)N(c1ccc2c(c1)OCCO2)S(C)(=O)=O. The van der Waals surface area contributed by atoms with E-state index in [1.54, 1.807) is 37.4 Å². The number of sulfonamides is 1. The van der Waals surface area contributed by atoms with E-state index in [9.17, 15) is 13.2 Å². The van der Waals surface area contributed by atoms with Crippen molar-refractivity contribution in [2.75, 3.05) is 44.0 Å². The van der Waals surface area contributed by atoms with Gasteiger partial charge in [0.25, 0.3) is 0 Å². The molecule has 3 rings (SSSR count). The quantitative estimate of drug-likeness (QED) is 0.581. The fourth-order valence-corrected chi connectivity index (χ4v) is 4.37. The average molecular weight is 451 g/mol. The summed E-state index contributed by atoms with van der Waals surface area (Å²) in [5.41, 5.74) is 0.319. The van der Waals surface area contributed by atoms with Crippen LogP contribution in [0.2, 0.25) is 0 Å². The van der Waals surface area contributed by atoms with Crippen molar-refractivity contribution in [2.24, 2.45) is 0 Å². The summed E-state index contributed by atoms with van der Waals surface area (Å²) in [6.45, 7) is 2.71. The summed E-state index contributed by atoms with van der Waals surface area (Å²) in [4.78, 5) is 12.7. The molecule has 1 atom stereocenters. The molecular formula is C21H26N2O7S. The van der Waals surface area contributed by atoms with E-state index >= 15 is 0 Å². The molecule has 0 aromatic heterocycles. The molecule has 0 aliphatic carbocycles. The fraction of sp³-hybridized carbons (Fsp3) is 0.381. The van der Waals surface area contributed by atoms with E-state index in [-0.39, 0.29) is 13.2 Å². The van der Waals surface area contributed by atoms with Gasteiger partial charge in [0.2, 0.25) is 15.9 Å². The van der Waals surface area contributed by atoms with Gasteiger partial charge in [-0.3, -0.25) is 9.10 Å². The highest BCUT2D eigenvalue weighted by Gasteiger charge is 2.30. The van der Waals surface area contributed by atoms with Gasteiger partial charge in [0.1, 0.15) is 25.9 Å². The molecule has 0 spiro atoms. The Kier molecular flexibility index (Phi) is 7.11. The average Bonchev–Trinajstić information content (AvgIpc) is 2.75. The second-order valence-corrected chi connectivity index (χ2v) is 8.71. The summed E-state index contributed by atoms with van der Waals surface area (Å²) in [6, 6.07) is 11.0. The third kappa shape index (κ3) is 5.52. The zero-order valence-electron chi connectivity index (χ0n) is 17.7. The molecule has 0 fully saturated rings. The summed E-state index contributed by atoms with van der Waals surface area (Å²) in [6.07, 6.45) is 1.05. The van der Waals surface area contributed by atoms with Crippen LogP contribution in [0.15, 0.2) is 42.5 Å². The number of ether oxygens (including phenoxy) is 4. The largest absolute Gasteiger partial charge is 0.493 e. The number of carbonyl (C=O) groups is 1. The number of hydrogen-bond donors (Lipinski definition) is 1. The third-order valence-electron chi connectivity index (χ3n) is 4.60. The van der Waals surface area contributed by atoms with E-state index in [0.717, 1.165) is 10.6 Å². The molecule has 1 aliphatic heterocycles. The number of hydrogen-bond acceptors (Lipinski definition) is 7.